The van der Waals surface area contributed by atoms with Gasteiger partial charge < -0.3 is 10.6 Å². The molecule has 0 heterocycles. The van der Waals surface area contributed by atoms with Gasteiger partial charge in [-0.2, -0.15) is 0 Å². The summed E-state index contributed by atoms with van der Waals surface area (Å²) in [6.07, 6.45) is 0. The van der Waals surface area contributed by atoms with E-state index >= 15 is 0 Å². The highest BCUT2D eigenvalue weighted by Gasteiger charge is 2.11. The van der Waals surface area contributed by atoms with Gasteiger partial charge in [-0.15, -0.1) is 0 Å². The minimum Gasteiger partial charge on any atom is -0.355 e. The van der Waals surface area contributed by atoms with Gasteiger partial charge in [0.1, 0.15) is 0 Å². The van der Waals surface area contributed by atoms with Crippen LogP contribution in [0.4, 0.5) is 5.69 Å². The average molecular weight is 289 g/mol. The van der Waals surface area contributed by atoms with Crippen LogP contribution < -0.4 is 10.6 Å². The Hall–Kier alpha value is -2.33. The van der Waals surface area contributed by atoms with Crippen LogP contribution in [-0.2, 0) is 0 Å². The number of benzene rings is 2. The molecule has 0 aromatic heterocycles. The van der Waals surface area contributed by atoms with Gasteiger partial charge in [-0.1, -0.05) is 29.8 Å². The molecular weight excluding hydrogens is 276 g/mol. The highest BCUT2D eigenvalue weighted by atomic mass is 35.5. The van der Waals surface area contributed by atoms with Gasteiger partial charge >= 0.3 is 0 Å². The molecule has 2 aromatic rings. The maximum Gasteiger partial charge on any atom is 0.255 e. The van der Waals surface area contributed by atoms with Gasteiger partial charge in [0.25, 0.3) is 11.8 Å². The third-order valence-corrected chi connectivity index (χ3v) is 3.07. The van der Waals surface area contributed by atoms with E-state index in [0.29, 0.717) is 21.8 Å². The Labute approximate surface area is 121 Å². The summed E-state index contributed by atoms with van der Waals surface area (Å²) in [6, 6.07) is 13.5. The summed E-state index contributed by atoms with van der Waals surface area (Å²) in [7, 11) is 1.54. The predicted octanol–water partition coefficient (Wildman–Crippen LogP) is 2.95. The molecule has 2 N–H and O–H groups in total. The average Bonchev–Trinajstić information content (AvgIpc) is 2.49. The third-order valence-electron chi connectivity index (χ3n) is 2.74. The number of hydrogen-bond donors (Lipinski definition) is 2. The number of amides is 2. The first-order valence-electron chi connectivity index (χ1n) is 6.00. The van der Waals surface area contributed by atoms with Crippen LogP contribution in [0.3, 0.4) is 0 Å². The minimum atomic E-state index is -0.276. The van der Waals surface area contributed by atoms with Crippen molar-refractivity contribution in [2.24, 2.45) is 0 Å². The number of carbonyl (C=O) groups is 2. The Morgan fingerprint density at radius 3 is 2.30 bits per heavy atom. The minimum absolute atomic E-state index is 0.239. The summed E-state index contributed by atoms with van der Waals surface area (Å²) in [5.74, 6) is -0.515. The molecule has 4 nitrogen and oxygen atoms in total. The quantitative estimate of drug-likeness (QED) is 0.912. The van der Waals surface area contributed by atoms with Crippen molar-refractivity contribution >= 4 is 29.1 Å². The van der Waals surface area contributed by atoms with Crippen molar-refractivity contribution in [1.29, 1.82) is 0 Å². The van der Waals surface area contributed by atoms with E-state index in [0.717, 1.165) is 0 Å². The maximum absolute atomic E-state index is 12.0. The van der Waals surface area contributed by atoms with E-state index < -0.39 is 0 Å². The molecule has 0 aliphatic rings. The van der Waals surface area contributed by atoms with E-state index in [9.17, 15) is 9.59 Å². The SMILES string of the molecule is CNC(=O)c1ccc(Cl)c(NC(=O)c2ccccc2)c1. The third kappa shape index (κ3) is 3.16. The van der Waals surface area contributed by atoms with Crippen LogP contribution in [0.15, 0.2) is 48.5 Å². The van der Waals surface area contributed by atoms with Crippen LogP contribution in [0.25, 0.3) is 0 Å². The van der Waals surface area contributed by atoms with Gasteiger partial charge in [0.05, 0.1) is 10.7 Å². The van der Waals surface area contributed by atoms with Crippen molar-refractivity contribution in [3.8, 4) is 0 Å². The zero-order valence-corrected chi connectivity index (χ0v) is 11.6. The van der Waals surface area contributed by atoms with Crippen LogP contribution in [0.1, 0.15) is 20.7 Å². The van der Waals surface area contributed by atoms with Crippen molar-refractivity contribution in [2.75, 3.05) is 12.4 Å². The first-order valence-corrected chi connectivity index (χ1v) is 6.37. The molecule has 0 bridgehead atoms. The monoisotopic (exact) mass is 288 g/mol. The molecule has 0 aliphatic heterocycles. The Kier molecular flexibility index (Phi) is 4.38. The Morgan fingerprint density at radius 2 is 1.65 bits per heavy atom. The molecule has 0 fully saturated rings. The largest absolute Gasteiger partial charge is 0.355 e. The molecule has 0 radical (unpaired) electrons. The Balaban J connectivity index is 2.25. The van der Waals surface area contributed by atoms with Crippen LogP contribution in [-0.4, -0.2) is 18.9 Å². The first kappa shape index (κ1) is 14.1. The van der Waals surface area contributed by atoms with E-state index in [-0.39, 0.29) is 11.8 Å². The van der Waals surface area contributed by atoms with Crippen molar-refractivity contribution in [2.45, 2.75) is 0 Å². The molecule has 0 atom stereocenters. The standard InChI is InChI=1S/C15H13ClN2O2/c1-17-14(19)11-7-8-12(16)13(9-11)18-15(20)10-5-3-2-4-6-10/h2-9H,1H3,(H,17,19)(H,18,20). The molecule has 2 rings (SSSR count). The van der Waals surface area contributed by atoms with E-state index in [4.69, 9.17) is 11.6 Å². The second kappa shape index (κ2) is 6.21. The number of hydrogen-bond acceptors (Lipinski definition) is 2. The van der Waals surface area contributed by atoms with Gasteiger partial charge in [0.2, 0.25) is 0 Å². The number of nitrogens with one attached hydrogen (secondary N) is 2. The zero-order valence-electron chi connectivity index (χ0n) is 10.8. The van der Waals surface area contributed by atoms with Crippen molar-refractivity contribution in [1.82, 2.24) is 5.32 Å². The fourth-order valence-electron chi connectivity index (χ4n) is 1.69. The molecule has 0 aliphatic carbocycles. The highest BCUT2D eigenvalue weighted by molar-refractivity contribution is 6.34. The summed E-state index contributed by atoms with van der Waals surface area (Å²) < 4.78 is 0. The summed E-state index contributed by atoms with van der Waals surface area (Å²) >= 11 is 6.03. The lowest BCUT2D eigenvalue weighted by atomic mass is 10.1. The molecule has 0 spiro atoms. The molecule has 0 saturated heterocycles. The van der Waals surface area contributed by atoms with E-state index in [1.54, 1.807) is 49.5 Å². The number of rotatable bonds is 3. The Bertz CT molecular complexity index is 642. The van der Waals surface area contributed by atoms with Gasteiger partial charge in [-0.25, -0.2) is 0 Å². The van der Waals surface area contributed by atoms with E-state index in [1.165, 1.54) is 0 Å². The summed E-state index contributed by atoms with van der Waals surface area (Å²) in [5.41, 5.74) is 1.36. The fourth-order valence-corrected chi connectivity index (χ4v) is 1.86. The molecule has 5 heteroatoms. The molecule has 2 aromatic carbocycles. The maximum atomic E-state index is 12.0. The lowest BCUT2D eigenvalue weighted by Gasteiger charge is -2.09. The van der Waals surface area contributed by atoms with Crippen LogP contribution in [0, 0.1) is 0 Å². The lowest BCUT2D eigenvalue weighted by Crippen LogP contribution is -2.18. The Morgan fingerprint density at radius 1 is 0.950 bits per heavy atom. The predicted molar refractivity (Wildman–Crippen MR) is 79.2 cm³/mol. The van der Waals surface area contributed by atoms with E-state index in [2.05, 4.69) is 10.6 Å². The normalized spacial score (nSPS) is 9.90. The van der Waals surface area contributed by atoms with Crippen LogP contribution >= 0.6 is 11.6 Å². The molecule has 102 valence electrons. The van der Waals surface area contributed by atoms with Crippen molar-refractivity contribution < 1.29 is 9.59 Å². The number of carbonyl (C=O) groups excluding carboxylic acids is 2. The molecule has 20 heavy (non-hydrogen) atoms. The summed E-state index contributed by atoms with van der Waals surface area (Å²) in [6.45, 7) is 0. The molecular formula is C15H13ClN2O2. The van der Waals surface area contributed by atoms with Gasteiger partial charge in [0.15, 0.2) is 0 Å². The topological polar surface area (TPSA) is 58.2 Å². The molecule has 0 saturated carbocycles. The molecule has 0 unspecified atom stereocenters. The molecule has 2 amide bonds. The van der Waals surface area contributed by atoms with Crippen LogP contribution in [0.2, 0.25) is 5.02 Å². The summed E-state index contributed by atoms with van der Waals surface area (Å²) in [5, 5.41) is 5.59. The second-order valence-electron chi connectivity index (χ2n) is 4.09. The van der Waals surface area contributed by atoms with E-state index in [1.807, 2.05) is 6.07 Å². The first-order chi connectivity index (χ1) is 9.61. The van der Waals surface area contributed by atoms with Gasteiger partial charge in [-0.05, 0) is 30.3 Å². The number of anilines is 1. The van der Waals surface area contributed by atoms with Crippen molar-refractivity contribution in [3.05, 3.63) is 64.7 Å². The zero-order chi connectivity index (χ0) is 14.5. The smallest absolute Gasteiger partial charge is 0.255 e. The van der Waals surface area contributed by atoms with Crippen molar-refractivity contribution in [3.63, 3.8) is 0 Å². The van der Waals surface area contributed by atoms with Gasteiger partial charge in [0, 0.05) is 18.2 Å². The van der Waals surface area contributed by atoms with Crippen LogP contribution in [0.5, 0.6) is 0 Å². The fraction of sp³-hybridized carbons (Fsp3) is 0.0667. The summed E-state index contributed by atoms with van der Waals surface area (Å²) in [4.78, 5) is 23.6. The highest BCUT2D eigenvalue weighted by Crippen LogP contribution is 2.23. The second-order valence-corrected chi connectivity index (χ2v) is 4.50. The number of halogens is 1. The van der Waals surface area contributed by atoms with Gasteiger partial charge in [-0.3, -0.25) is 9.59 Å². The lowest BCUT2D eigenvalue weighted by molar-refractivity contribution is 0.0961.